The quantitative estimate of drug-likeness (QED) is 0.801. The van der Waals surface area contributed by atoms with Crippen LogP contribution in [0.5, 0.6) is 11.5 Å². The van der Waals surface area contributed by atoms with Crippen LogP contribution in [0, 0.1) is 0 Å². The summed E-state index contributed by atoms with van der Waals surface area (Å²) in [6.07, 6.45) is 4.76. The van der Waals surface area contributed by atoms with E-state index in [2.05, 4.69) is 0 Å². The number of carboxylic acid groups (broad SMARTS) is 2. The molecule has 1 heterocycles. The van der Waals surface area contributed by atoms with E-state index in [9.17, 15) is 9.59 Å². The van der Waals surface area contributed by atoms with Crippen LogP contribution >= 0.6 is 0 Å². The van der Waals surface area contributed by atoms with Crippen LogP contribution in [0.4, 0.5) is 0 Å². The third-order valence-electron chi connectivity index (χ3n) is 2.39. The summed E-state index contributed by atoms with van der Waals surface area (Å²) < 4.78 is 10.5. The third-order valence-corrected chi connectivity index (χ3v) is 2.39. The molecule has 0 spiro atoms. The largest absolute Gasteiger partial charge is 0.478 e. The van der Waals surface area contributed by atoms with E-state index in [1.165, 1.54) is 12.2 Å². The lowest BCUT2D eigenvalue weighted by molar-refractivity contribution is -0.132. The van der Waals surface area contributed by atoms with Crippen LogP contribution in [0.15, 0.2) is 24.3 Å². The second-order valence-corrected chi connectivity index (χ2v) is 3.65. The zero-order valence-corrected chi connectivity index (χ0v) is 9.70. The minimum absolute atomic E-state index is 0.0150. The van der Waals surface area contributed by atoms with Gasteiger partial charge in [0.2, 0.25) is 6.79 Å². The fraction of sp³-hybridized carbons (Fsp3) is 0.0769. The van der Waals surface area contributed by atoms with E-state index >= 15 is 0 Å². The Bertz CT molecular complexity index is 534. The van der Waals surface area contributed by atoms with Gasteiger partial charge in [-0.1, -0.05) is 12.1 Å². The highest BCUT2D eigenvalue weighted by molar-refractivity contribution is 5.88. The number of hydrogen-bond donors (Lipinski definition) is 2. The second-order valence-electron chi connectivity index (χ2n) is 3.65. The predicted octanol–water partition coefficient (Wildman–Crippen LogP) is 1.61. The highest BCUT2D eigenvalue weighted by Crippen LogP contribution is 2.40. The van der Waals surface area contributed by atoms with Crippen molar-refractivity contribution in [2.45, 2.75) is 0 Å². The first kappa shape index (κ1) is 12.7. The molecule has 2 rings (SSSR count). The van der Waals surface area contributed by atoms with Crippen molar-refractivity contribution in [3.8, 4) is 11.5 Å². The molecule has 2 N–H and O–H groups in total. The van der Waals surface area contributed by atoms with Crippen molar-refractivity contribution in [1.29, 1.82) is 0 Å². The van der Waals surface area contributed by atoms with Gasteiger partial charge in [0, 0.05) is 23.3 Å². The number of rotatable bonds is 4. The highest BCUT2D eigenvalue weighted by Gasteiger charge is 2.19. The van der Waals surface area contributed by atoms with Gasteiger partial charge in [-0.3, -0.25) is 0 Å². The van der Waals surface area contributed by atoms with Crippen LogP contribution in [-0.2, 0) is 9.59 Å². The van der Waals surface area contributed by atoms with E-state index in [4.69, 9.17) is 19.7 Å². The van der Waals surface area contributed by atoms with Gasteiger partial charge in [0.1, 0.15) is 0 Å². The molecule has 0 saturated carbocycles. The van der Waals surface area contributed by atoms with Crippen LogP contribution in [0.25, 0.3) is 12.2 Å². The van der Waals surface area contributed by atoms with E-state index in [0.717, 1.165) is 12.2 Å². The summed E-state index contributed by atoms with van der Waals surface area (Å²) in [5.74, 6) is -1.32. The number of aliphatic carboxylic acids is 2. The van der Waals surface area contributed by atoms with Gasteiger partial charge in [-0.05, 0) is 12.2 Å². The third kappa shape index (κ3) is 2.92. The average Bonchev–Trinajstić information content (AvgIpc) is 2.83. The first-order chi connectivity index (χ1) is 9.08. The zero-order valence-electron chi connectivity index (χ0n) is 9.70. The zero-order chi connectivity index (χ0) is 13.8. The number of carbonyl (C=O) groups is 2. The Hall–Kier alpha value is -2.76. The Labute approximate surface area is 108 Å². The Morgan fingerprint density at radius 3 is 1.74 bits per heavy atom. The molecular weight excluding hydrogens is 252 g/mol. The van der Waals surface area contributed by atoms with E-state index in [0.29, 0.717) is 22.6 Å². The summed E-state index contributed by atoms with van der Waals surface area (Å²) in [6, 6.07) is 3.27. The number of hydrogen-bond acceptors (Lipinski definition) is 4. The minimum atomic E-state index is -1.07. The molecule has 0 amide bonds. The Balaban J connectivity index is 2.39. The molecule has 1 aromatic carbocycles. The molecule has 6 nitrogen and oxygen atoms in total. The molecule has 0 atom stereocenters. The topological polar surface area (TPSA) is 93.1 Å². The highest BCUT2D eigenvalue weighted by atomic mass is 16.7. The summed E-state index contributed by atoms with van der Waals surface area (Å²) in [5.41, 5.74) is 1.12. The smallest absolute Gasteiger partial charge is 0.328 e. The fourth-order valence-corrected chi connectivity index (χ4v) is 1.62. The van der Waals surface area contributed by atoms with Crippen molar-refractivity contribution in [2.75, 3.05) is 6.79 Å². The van der Waals surface area contributed by atoms with Gasteiger partial charge in [-0.25, -0.2) is 9.59 Å². The van der Waals surface area contributed by atoms with Crippen LogP contribution in [0.3, 0.4) is 0 Å². The number of benzene rings is 1. The van der Waals surface area contributed by atoms with Crippen LogP contribution < -0.4 is 9.47 Å². The number of fused-ring (bicyclic) bond motifs is 1. The summed E-state index contributed by atoms with van der Waals surface area (Å²) >= 11 is 0. The van der Waals surface area contributed by atoms with Crippen molar-refractivity contribution < 1.29 is 29.3 Å². The summed E-state index contributed by atoms with van der Waals surface area (Å²) in [5, 5.41) is 17.2. The molecule has 98 valence electrons. The molecule has 1 aliphatic heterocycles. The van der Waals surface area contributed by atoms with Crippen molar-refractivity contribution in [1.82, 2.24) is 0 Å². The Morgan fingerprint density at radius 1 is 0.947 bits per heavy atom. The van der Waals surface area contributed by atoms with Crippen LogP contribution in [0.2, 0.25) is 0 Å². The molecule has 1 aliphatic rings. The molecule has 0 saturated heterocycles. The van der Waals surface area contributed by atoms with Gasteiger partial charge in [0.15, 0.2) is 11.5 Å². The maximum Gasteiger partial charge on any atom is 0.328 e. The van der Waals surface area contributed by atoms with Gasteiger partial charge in [0.25, 0.3) is 0 Å². The van der Waals surface area contributed by atoms with Crippen molar-refractivity contribution in [3.05, 3.63) is 35.4 Å². The van der Waals surface area contributed by atoms with Crippen LogP contribution in [-0.4, -0.2) is 28.9 Å². The molecule has 19 heavy (non-hydrogen) atoms. The molecule has 0 fully saturated rings. The Morgan fingerprint density at radius 2 is 1.37 bits per heavy atom. The van der Waals surface area contributed by atoms with E-state index in [1.807, 2.05) is 0 Å². The molecule has 0 radical (unpaired) electrons. The van der Waals surface area contributed by atoms with Gasteiger partial charge >= 0.3 is 11.9 Å². The summed E-state index contributed by atoms with van der Waals surface area (Å²) in [6.45, 7) is 0.0150. The maximum absolute atomic E-state index is 10.5. The Kier molecular flexibility index (Phi) is 3.51. The lowest BCUT2D eigenvalue weighted by Crippen LogP contribution is -1.94. The minimum Gasteiger partial charge on any atom is -0.478 e. The molecule has 0 aromatic heterocycles. The first-order valence-electron chi connectivity index (χ1n) is 5.32. The van der Waals surface area contributed by atoms with Crippen molar-refractivity contribution >= 4 is 24.1 Å². The predicted molar refractivity (Wildman–Crippen MR) is 65.9 cm³/mol. The monoisotopic (exact) mass is 262 g/mol. The van der Waals surface area contributed by atoms with E-state index < -0.39 is 11.9 Å². The first-order valence-corrected chi connectivity index (χ1v) is 5.32. The summed E-state index contributed by atoms with van der Waals surface area (Å²) in [7, 11) is 0. The van der Waals surface area contributed by atoms with Gasteiger partial charge in [-0.15, -0.1) is 0 Å². The van der Waals surface area contributed by atoms with Gasteiger partial charge in [0.05, 0.1) is 0 Å². The fourth-order valence-electron chi connectivity index (χ4n) is 1.62. The van der Waals surface area contributed by atoms with Crippen molar-refractivity contribution in [3.63, 3.8) is 0 Å². The summed E-state index contributed by atoms with van der Waals surface area (Å²) in [4.78, 5) is 21.0. The second kappa shape index (κ2) is 5.26. The normalized spacial score (nSPS) is 13.3. The molecule has 0 aliphatic carbocycles. The van der Waals surface area contributed by atoms with Crippen LogP contribution in [0.1, 0.15) is 11.1 Å². The average molecular weight is 262 g/mol. The van der Waals surface area contributed by atoms with Crippen molar-refractivity contribution in [2.24, 2.45) is 0 Å². The lowest BCUT2D eigenvalue weighted by Gasteiger charge is -2.04. The standard InChI is InChI=1S/C13H10O6/c14-10(15)5-3-8-1-2-9(4-6-11(16)17)13-12(8)18-7-19-13/h1-6H,7H2,(H,14,15)(H,16,17). The SMILES string of the molecule is O=C(O)C=Cc1ccc(C=CC(=O)O)c2c1OCO2. The lowest BCUT2D eigenvalue weighted by atomic mass is 10.1. The van der Waals surface area contributed by atoms with Gasteiger partial charge in [-0.2, -0.15) is 0 Å². The number of ether oxygens (including phenoxy) is 2. The molecule has 0 unspecified atom stereocenters. The number of carboxylic acids is 2. The maximum atomic E-state index is 10.5. The molecule has 0 bridgehead atoms. The van der Waals surface area contributed by atoms with Gasteiger partial charge < -0.3 is 19.7 Å². The molecule has 6 heteroatoms. The molecular formula is C13H10O6. The molecule has 1 aromatic rings. The van der Waals surface area contributed by atoms with E-state index in [1.54, 1.807) is 12.1 Å². The van der Waals surface area contributed by atoms with E-state index in [-0.39, 0.29) is 6.79 Å².